The van der Waals surface area contributed by atoms with E-state index < -0.39 is 23.0 Å². The third kappa shape index (κ3) is 2.07. The summed E-state index contributed by atoms with van der Waals surface area (Å²) in [6, 6.07) is 3.71. The standard InChI is InChI=1S/C21H25F2NO3.ClH/c1-26-14-5-4-13-10-15-20(25)6-7-21(22,23)18-19(20,16(13)17(14)27-18)8-9-24(15)11-12-2-3-12;/h4-5,12,15,18,25H,2-3,6-11H2,1H3;1H/t15-,18-,19+,20+;/m1./s1. The molecule has 0 amide bonds. The molecule has 2 aliphatic heterocycles. The van der Waals surface area contributed by atoms with Gasteiger partial charge in [0.1, 0.15) is 0 Å². The molecule has 6 rings (SSSR count). The van der Waals surface area contributed by atoms with Gasteiger partial charge in [-0.3, -0.25) is 4.90 Å². The zero-order chi connectivity index (χ0) is 18.6. The zero-order valence-electron chi connectivity index (χ0n) is 15.9. The molecule has 0 radical (unpaired) electrons. The molecule has 0 aromatic heterocycles. The lowest BCUT2D eigenvalue weighted by Crippen LogP contribution is -2.78. The van der Waals surface area contributed by atoms with Crippen LogP contribution in [0.5, 0.6) is 11.5 Å². The fraction of sp³-hybridized carbons (Fsp3) is 0.714. The summed E-state index contributed by atoms with van der Waals surface area (Å²) in [5, 5.41) is 12.0. The number of likely N-dealkylation sites (tertiary alicyclic amines) is 1. The van der Waals surface area contributed by atoms with E-state index in [-0.39, 0.29) is 31.3 Å². The number of hydrogen-bond acceptors (Lipinski definition) is 4. The van der Waals surface area contributed by atoms with Gasteiger partial charge < -0.3 is 14.6 Å². The molecular weight excluding hydrogens is 388 g/mol. The Kier molecular flexibility index (Phi) is 3.87. The van der Waals surface area contributed by atoms with E-state index in [9.17, 15) is 5.11 Å². The number of ether oxygens (including phenoxy) is 2. The third-order valence-electron chi connectivity index (χ3n) is 7.94. The van der Waals surface area contributed by atoms with Gasteiger partial charge in [-0.1, -0.05) is 6.07 Å². The van der Waals surface area contributed by atoms with Crippen LogP contribution in [0.1, 0.15) is 43.2 Å². The molecule has 1 saturated heterocycles. The predicted octanol–water partition coefficient (Wildman–Crippen LogP) is 3.32. The molecule has 1 spiro atoms. The Bertz CT molecular complexity index is 832. The highest BCUT2D eigenvalue weighted by Gasteiger charge is 2.77. The maximum atomic E-state index is 15.1. The summed E-state index contributed by atoms with van der Waals surface area (Å²) in [4.78, 5) is 2.38. The van der Waals surface area contributed by atoms with Crippen molar-refractivity contribution in [2.24, 2.45) is 5.92 Å². The Labute approximate surface area is 169 Å². The van der Waals surface area contributed by atoms with E-state index >= 15 is 8.78 Å². The lowest BCUT2D eigenvalue weighted by Gasteiger charge is -2.64. The molecule has 0 unspecified atom stereocenters. The van der Waals surface area contributed by atoms with E-state index in [2.05, 4.69) is 4.90 Å². The highest BCUT2D eigenvalue weighted by atomic mass is 35.5. The molecule has 1 aromatic carbocycles. The van der Waals surface area contributed by atoms with Crippen LogP contribution in [0.4, 0.5) is 8.78 Å². The molecule has 2 heterocycles. The lowest BCUT2D eigenvalue weighted by atomic mass is 9.48. The number of nitrogens with zero attached hydrogens (tertiary/aromatic N) is 1. The van der Waals surface area contributed by atoms with Crippen molar-refractivity contribution in [3.05, 3.63) is 23.3 Å². The van der Waals surface area contributed by atoms with Crippen molar-refractivity contribution in [2.45, 2.75) is 67.6 Å². The number of alkyl halides is 2. The van der Waals surface area contributed by atoms with E-state index in [4.69, 9.17) is 9.47 Å². The molecule has 1 aromatic rings. The van der Waals surface area contributed by atoms with Crippen molar-refractivity contribution in [1.82, 2.24) is 4.90 Å². The van der Waals surface area contributed by atoms with Gasteiger partial charge in [-0.25, -0.2) is 8.78 Å². The minimum atomic E-state index is -2.95. The fourth-order valence-corrected chi connectivity index (χ4v) is 6.56. The van der Waals surface area contributed by atoms with Gasteiger partial charge in [-0.05, 0) is 56.2 Å². The molecule has 2 saturated carbocycles. The van der Waals surface area contributed by atoms with E-state index in [1.165, 1.54) is 20.0 Å². The molecule has 5 aliphatic rings. The Morgan fingerprint density at radius 3 is 2.75 bits per heavy atom. The largest absolute Gasteiger partial charge is 0.493 e. The SMILES string of the molecule is COc1ccc2c3c1O[C@H]1C(F)(F)CC[C@]4(O)[C@@H](C2)N(CC2CC2)CC[C@]314.Cl. The fourth-order valence-electron chi connectivity index (χ4n) is 6.56. The van der Waals surface area contributed by atoms with Crippen molar-refractivity contribution < 1.29 is 23.4 Å². The van der Waals surface area contributed by atoms with Crippen LogP contribution >= 0.6 is 12.4 Å². The Morgan fingerprint density at radius 2 is 2.04 bits per heavy atom. The Morgan fingerprint density at radius 1 is 1.25 bits per heavy atom. The van der Waals surface area contributed by atoms with Crippen LogP contribution in [0, 0.1) is 5.92 Å². The number of aliphatic hydroxyl groups is 1. The first-order chi connectivity index (χ1) is 12.9. The number of rotatable bonds is 3. The van der Waals surface area contributed by atoms with Crippen molar-refractivity contribution in [1.29, 1.82) is 0 Å². The van der Waals surface area contributed by atoms with Gasteiger partial charge in [0.05, 0.1) is 18.1 Å². The summed E-state index contributed by atoms with van der Waals surface area (Å²) in [5.41, 5.74) is -0.356. The molecule has 28 heavy (non-hydrogen) atoms. The third-order valence-corrected chi connectivity index (χ3v) is 7.94. The van der Waals surface area contributed by atoms with Crippen LogP contribution in [0.3, 0.4) is 0 Å². The van der Waals surface area contributed by atoms with Gasteiger partial charge >= 0.3 is 0 Å². The quantitative estimate of drug-likeness (QED) is 0.825. The topological polar surface area (TPSA) is 41.9 Å². The smallest absolute Gasteiger partial charge is 0.285 e. The van der Waals surface area contributed by atoms with E-state index in [1.54, 1.807) is 0 Å². The highest BCUT2D eigenvalue weighted by Crippen LogP contribution is 2.68. The van der Waals surface area contributed by atoms with Gasteiger partial charge in [-0.15, -0.1) is 12.4 Å². The van der Waals surface area contributed by atoms with Gasteiger partial charge in [0.25, 0.3) is 5.92 Å². The predicted molar refractivity (Wildman–Crippen MR) is 102 cm³/mol. The number of benzene rings is 1. The van der Waals surface area contributed by atoms with E-state index in [0.29, 0.717) is 30.3 Å². The molecule has 3 aliphatic carbocycles. The first kappa shape index (κ1) is 18.9. The highest BCUT2D eigenvalue weighted by molar-refractivity contribution is 5.85. The second-order valence-electron chi connectivity index (χ2n) is 9.19. The second kappa shape index (κ2) is 5.73. The lowest BCUT2D eigenvalue weighted by molar-refractivity contribution is -0.248. The molecule has 7 heteroatoms. The van der Waals surface area contributed by atoms with Crippen molar-refractivity contribution in [3.8, 4) is 11.5 Å². The first-order valence-electron chi connectivity index (χ1n) is 10.1. The zero-order valence-corrected chi connectivity index (χ0v) is 16.7. The monoisotopic (exact) mass is 413 g/mol. The molecule has 4 atom stereocenters. The van der Waals surface area contributed by atoms with Gasteiger partial charge in [0.2, 0.25) is 0 Å². The van der Waals surface area contributed by atoms with Crippen LogP contribution in [0.2, 0.25) is 0 Å². The van der Waals surface area contributed by atoms with Crippen LogP contribution < -0.4 is 9.47 Å². The van der Waals surface area contributed by atoms with Crippen LogP contribution in [0.15, 0.2) is 12.1 Å². The molecule has 4 nitrogen and oxygen atoms in total. The average molecular weight is 414 g/mol. The second-order valence-corrected chi connectivity index (χ2v) is 9.19. The minimum Gasteiger partial charge on any atom is -0.493 e. The number of halogens is 3. The average Bonchev–Trinajstić information content (AvgIpc) is 3.37. The van der Waals surface area contributed by atoms with Crippen LogP contribution in [-0.4, -0.2) is 53.9 Å². The number of piperidine rings is 1. The summed E-state index contributed by atoms with van der Waals surface area (Å²) in [7, 11) is 1.54. The Hall–Kier alpha value is -1.11. The number of methoxy groups -OCH3 is 1. The van der Waals surface area contributed by atoms with Crippen molar-refractivity contribution >= 4 is 12.4 Å². The van der Waals surface area contributed by atoms with Crippen molar-refractivity contribution in [2.75, 3.05) is 20.2 Å². The summed E-state index contributed by atoms with van der Waals surface area (Å²) in [6.45, 7) is 1.72. The molecule has 1 N–H and O–H groups in total. The normalized spacial score (nSPS) is 39.6. The van der Waals surface area contributed by atoms with Crippen molar-refractivity contribution in [3.63, 3.8) is 0 Å². The maximum Gasteiger partial charge on any atom is 0.285 e. The first-order valence-corrected chi connectivity index (χ1v) is 10.1. The maximum absolute atomic E-state index is 15.1. The summed E-state index contributed by atoms with van der Waals surface area (Å²) >= 11 is 0. The summed E-state index contributed by atoms with van der Waals surface area (Å²) < 4.78 is 41.5. The molecular formula is C21H26ClF2NO3. The molecule has 154 valence electrons. The molecule has 3 fully saturated rings. The van der Waals surface area contributed by atoms with E-state index in [0.717, 1.165) is 24.2 Å². The van der Waals surface area contributed by atoms with Gasteiger partial charge in [-0.2, -0.15) is 0 Å². The summed E-state index contributed by atoms with van der Waals surface area (Å²) in [5.74, 6) is -1.31. The Balaban J connectivity index is 0.00000171. The van der Waals surface area contributed by atoms with Crippen LogP contribution in [-0.2, 0) is 11.8 Å². The number of hydrogen-bond donors (Lipinski definition) is 1. The van der Waals surface area contributed by atoms with Gasteiger partial charge in [0, 0.05) is 24.6 Å². The summed E-state index contributed by atoms with van der Waals surface area (Å²) in [6.07, 6.45) is 2.19. The van der Waals surface area contributed by atoms with Gasteiger partial charge in [0.15, 0.2) is 17.6 Å². The van der Waals surface area contributed by atoms with Crippen LogP contribution in [0.25, 0.3) is 0 Å². The minimum absolute atomic E-state index is 0. The van der Waals surface area contributed by atoms with E-state index in [1.807, 2.05) is 12.1 Å². The molecule has 2 bridgehead atoms.